The Balaban J connectivity index is 2.14. The number of hydrogen-bond donors (Lipinski definition) is 1. The van der Waals surface area contributed by atoms with E-state index in [-0.39, 0.29) is 6.61 Å². The van der Waals surface area contributed by atoms with E-state index in [0.717, 1.165) is 32.0 Å². The van der Waals surface area contributed by atoms with Crippen molar-refractivity contribution in [3.05, 3.63) is 18.2 Å². The molecule has 92 valence electrons. The third kappa shape index (κ3) is 4.33. The lowest BCUT2D eigenvalue weighted by atomic mass is 10.3. The summed E-state index contributed by atoms with van der Waals surface area (Å²) in [4.78, 5) is 6.47. The summed E-state index contributed by atoms with van der Waals surface area (Å²) in [5.41, 5.74) is 0. The molecule has 16 heavy (non-hydrogen) atoms. The summed E-state index contributed by atoms with van der Waals surface area (Å²) in [7, 11) is 0. The maximum absolute atomic E-state index is 8.86. The van der Waals surface area contributed by atoms with Crippen LogP contribution in [0.15, 0.2) is 12.4 Å². The lowest BCUT2D eigenvalue weighted by Gasteiger charge is -2.18. The van der Waals surface area contributed by atoms with Crippen LogP contribution in [0.25, 0.3) is 0 Å². The largest absolute Gasteiger partial charge is 0.395 e. The maximum atomic E-state index is 8.86. The lowest BCUT2D eigenvalue weighted by molar-refractivity contribution is 0.199. The van der Waals surface area contributed by atoms with Gasteiger partial charge in [-0.3, -0.25) is 0 Å². The highest BCUT2D eigenvalue weighted by molar-refractivity contribution is 4.87. The van der Waals surface area contributed by atoms with E-state index in [1.165, 1.54) is 12.8 Å². The molecule has 0 fully saturated rings. The molecule has 1 rings (SSSR count). The van der Waals surface area contributed by atoms with Gasteiger partial charge < -0.3 is 14.6 Å². The van der Waals surface area contributed by atoms with Crippen molar-refractivity contribution in [2.24, 2.45) is 0 Å². The number of nitrogens with zero attached hydrogens (tertiary/aromatic N) is 3. The van der Waals surface area contributed by atoms with Crippen LogP contribution in [0.5, 0.6) is 0 Å². The molecule has 1 aromatic heterocycles. The normalized spacial score (nSPS) is 11.2. The summed E-state index contributed by atoms with van der Waals surface area (Å²) in [6.45, 7) is 8.35. The zero-order chi connectivity index (χ0) is 11.8. The molecule has 0 saturated carbocycles. The predicted octanol–water partition coefficient (Wildman–Crippen LogP) is 1.29. The standard InChI is InChI=1S/C12H23N3O/c1-3-14(10-11-16)7-4-5-8-15-9-6-13-12(15)2/h6,9,16H,3-5,7-8,10-11H2,1-2H3. The molecule has 0 bridgehead atoms. The van der Waals surface area contributed by atoms with E-state index in [1.54, 1.807) is 0 Å². The summed E-state index contributed by atoms with van der Waals surface area (Å²) >= 11 is 0. The molecule has 4 nitrogen and oxygen atoms in total. The Labute approximate surface area is 97.9 Å². The van der Waals surface area contributed by atoms with Gasteiger partial charge in [0.1, 0.15) is 5.82 Å². The molecule has 0 unspecified atom stereocenters. The summed E-state index contributed by atoms with van der Waals surface area (Å²) in [5, 5.41) is 8.86. The van der Waals surface area contributed by atoms with Gasteiger partial charge in [-0.2, -0.15) is 0 Å². The van der Waals surface area contributed by atoms with Crippen LogP contribution in [-0.4, -0.2) is 45.8 Å². The fourth-order valence-electron chi connectivity index (χ4n) is 1.83. The molecule has 0 amide bonds. The Hall–Kier alpha value is -0.870. The monoisotopic (exact) mass is 225 g/mol. The van der Waals surface area contributed by atoms with Gasteiger partial charge in [0.05, 0.1) is 6.61 Å². The topological polar surface area (TPSA) is 41.3 Å². The van der Waals surface area contributed by atoms with Crippen molar-refractivity contribution in [1.82, 2.24) is 14.5 Å². The van der Waals surface area contributed by atoms with Gasteiger partial charge in [0.15, 0.2) is 0 Å². The van der Waals surface area contributed by atoms with Crippen LogP contribution >= 0.6 is 0 Å². The molecule has 0 aliphatic carbocycles. The van der Waals surface area contributed by atoms with Crippen LogP contribution in [0.1, 0.15) is 25.6 Å². The van der Waals surface area contributed by atoms with E-state index in [9.17, 15) is 0 Å². The van der Waals surface area contributed by atoms with Gasteiger partial charge in [-0.1, -0.05) is 6.92 Å². The molecule has 1 aromatic rings. The van der Waals surface area contributed by atoms with E-state index in [1.807, 2.05) is 19.3 Å². The molecule has 0 aliphatic rings. The third-order valence-corrected chi connectivity index (χ3v) is 2.91. The second-order valence-electron chi connectivity index (χ2n) is 4.03. The van der Waals surface area contributed by atoms with Crippen molar-refractivity contribution < 1.29 is 5.11 Å². The van der Waals surface area contributed by atoms with Crippen LogP contribution in [0, 0.1) is 6.92 Å². The SMILES string of the molecule is CCN(CCO)CCCCn1ccnc1C. The fraction of sp³-hybridized carbons (Fsp3) is 0.750. The molecule has 0 spiro atoms. The number of hydrogen-bond acceptors (Lipinski definition) is 3. The average molecular weight is 225 g/mol. The Morgan fingerprint density at radius 1 is 1.38 bits per heavy atom. The van der Waals surface area contributed by atoms with Crippen LogP contribution < -0.4 is 0 Å². The van der Waals surface area contributed by atoms with E-state index in [0.29, 0.717) is 0 Å². The Bertz CT molecular complexity index is 286. The molecular formula is C12H23N3O. The van der Waals surface area contributed by atoms with E-state index < -0.39 is 0 Å². The molecule has 0 saturated heterocycles. The summed E-state index contributed by atoms with van der Waals surface area (Å²) in [6.07, 6.45) is 6.21. The number of aliphatic hydroxyl groups is 1. The molecule has 1 heterocycles. The highest BCUT2D eigenvalue weighted by Gasteiger charge is 2.01. The number of likely N-dealkylation sites (N-methyl/N-ethyl adjacent to an activating group) is 1. The van der Waals surface area contributed by atoms with Crippen molar-refractivity contribution in [1.29, 1.82) is 0 Å². The summed E-state index contributed by atoms with van der Waals surface area (Å²) < 4.78 is 2.18. The van der Waals surface area contributed by atoms with Crippen LogP contribution in [0.4, 0.5) is 0 Å². The third-order valence-electron chi connectivity index (χ3n) is 2.91. The molecular weight excluding hydrogens is 202 g/mol. The lowest BCUT2D eigenvalue weighted by Crippen LogP contribution is -2.27. The van der Waals surface area contributed by atoms with Crippen LogP contribution in [0.3, 0.4) is 0 Å². The fourth-order valence-corrected chi connectivity index (χ4v) is 1.83. The van der Waals surface area contributed by atoms with E-state index in [2.05, 4.69) is 21.4 Å². The van der Waals surface area contributed by atoms with Crippen molar-refractivity contribution in [3.63, 3.8) is 0 Å². The molecule has 0 aromatic carbocycles. The number of unbranched alkanes of at least 4 members (excludes halogenated alkanes) is 1. The van der Waals surface area contributed by atoms with Gasteiger partial charge in [-0.05, 0) is 32.9 Å². The van der Waals surface area contributed by atoms with E-state index in [4.69, 9.17) is 5.11 Å². The summed E-state index contributed by atoms with van der Waals surface area (Å²) in [6, 6.07) is 0. The Kier molecular flexibility index (Phi) is 6.11. The van der Waals surface area contributed by atoms with Crippen molar-refractivity contribution in [3.8, 4) is 0 Å². The second-order valence-corrected chi connectivity index (χ2v) is 4.03. The van der Waals surface area contributed by atoms with Gasteiger partial charge in [0.25, 0.3) is 0 Å². The molecule has 1 N–H and O–H groups in total. The van der Waals surface area contributed by atoms with E-state index >= 15 is 0 Å². The molecule has 4 heteroatoms. The number of rotatable bonds is 8. The van der Waals surface area contributed by atoms with Crippen LogP contribution in [0.2, 0.25) is 0 Å². The molecule has 0 atom stereocenters. The summed E-state index contributed by atoms with van der Waals surface area (Å²) in [5.74, 6) is 1.09. The zero-order valence-corrected chi connectivity index (χ0v) is 10.4. The maximum Gasteiger partial charge on any atom is 0.105 e. The number of aromatic nitrogens is 2. The van der Waals surface area contributed by atoms with Crippen LogP contribution in [-0.2, 0) is 6.54 Å². The first-order valence-corrected chi connectivity index (χ1v) is 6.09. The highest BCUT2D eigenvalue weighted by atomic mass is 16.3. The van der Waals surface area contributed by atoms with Gasteiger partial charge in [-0.25, -0.2) is 4.98 Å². The number of aryl methyl sites for hydroxylation is 2. The highest BCUT2D eigenvalue weighted by Crippen LogP contribution is 2.01. The second kappa shape index (κ2) is 7.41. The van der Waals surface area contributed by atoms with Crippen molar-refractivity contribution in [2.75, 3.05) is 26.2 Å². The first kappa shape index (κ1) is 13.2. The average Bonchev–Trinajstić information content (AvgIpc) is 2.69. The smallest absolute Gasteiger partial charge is 0.105 e. The molecule has 0 radical (unpaired) electrons. The minimum Gasteiger partial charge on any atom is -0.395 e. The first-order valence-electron chi connectivity index (χ1n) is 6.09. The molecule has 0 aliphatic heterocycles. The predicted molar refractivity (Wildman–Crippen MR) is 65.4 cm³/mol. The van der Waals surface area contributed by atoms with Gasteiger partial charge in [-0.15, -0.1) is 0 Å². The van der Waals surface area contributed by atoms with Gasteiger partial charge >= 0.3 is 0 Å². The first-order chi connectivity index (χ1) is 7.77. The Morgan fingerprint density at radius 2 is 2.19 bits per heavy atom. The Morgan fingerprint density at radius 3 is 2.75 bits per heavy atom. The minimum atomic E-state index is 0.258. The quantitative estimate of drug-likeness (QED) is 0.678. The van der Waals surface area contributed by atoms with Crippen molar-refractivity contribution in [2.45, 2.75) is 33.2 Å². The van der Waals surface area contributed by atoms with Gasteiger partial charge in [0, 0.05) is 25.5 Å². The number of imidazole rings is 1. The number of aliphatic hydroxyl groups excluding tert-OH is 1. The van der Waals surface area contributed by atoms with Gasteiger partial charge in [0.2, 0.25) is 0 Å². The minimum absolute atomic E-state index is 0.258. The zero-order valence-electron chi connectivity index (χ0n) is 10.4. The van der Waals surface area contributed by atoms with Crippen molar-refractivity contribution >= 4 is 0 Å².